The molecule has 0 aliphatic heterocycles. The molecule has 0 saturated heterocycles. The first-order valence-electron chi connectivity index (χ1n) is 3.67. The average Bonchev–Trinajstić information content (AvgIpc) is 1.80. The lowest BCUT2D eigenvalue weighted by Crippen LogP contribution is -2.43. The summed E-state index contributed by atoms with van der Waals surface area (Å²) in [4.78, 5) is 0. The molecule has 0 fully saturated rings. The average molecular weight is 240 g/mol. The third kappa shape index (κ3) is 3.77. The van der Waals surface area contributed by atoms with E-state index in [4.69, 9.17) is 0 Å². The van der Waals surface area contributed by atoms with Crippen LogP contribution in [0.4, 0.5) is 22.0 Å². The molecule has 0 radical (unpaired) electrons. The number of rotatable bonds is 4. The van der Waals surface area contributed by atoms with Crippen LogP contribution in [0, 0.1) is 0 Å². The number of hydrogen-bond acceptors (Lipinski definition) is 2. The van der Waals surface area contributed by atoms with Crippen molar-refractivity contribution in [2.24, 2.45) is 0 Å². The maximum atomic E-state index is 12.2. The van der Waals surface area contributed by atoms with Gasteiger partial charge in [0.15, 0.2) is 9.84 Å². The lowest BCUT2D eigenvalue weighted by molar-refractivity contribution is -0.271. The molecule has 0 spiro atoms. The van der Waals surface area contributed by atoms with Crippen LogP contribution in [-0.2, 0) is 9.84 Å². The van der Waals surface area contributed by atoms with E-state index in [0.29, 0.717) is 0 Å². The SMILES string of the molecule is CCCS(=O)(=O)CC(F)(F)C(F)(F)F. The summed E-state index contributed by atoms with van der Waals surface area (Å²) in [5.74, 6) is -8.00. The van der Waals surface area contributed by atoms with Crippen molar-refractivity contribution in [1.82, 2.24) is 0 Å². The Morgan fingerprint density at radius 2 is 1.50 bits per heavy atom. The fraction of sp³-hybridized carbons (Fsp3) is 1.00. The van der Waals surface area contributed by atoms with Crippen molar-refractivity contribution in [1.29, 1.82) is 0 Å². The standard InChI is InChI=1S/C6H9F5O2S/c1-2-3-14(12,13)4-5(7,8)6(9,10)11/h2-4H2,1H3. The van der Waals surface area contributed by atoms with E-state index in [1.54, 1.807) is 0 Å². The van der Waals surface area contributed by atoms with E-state index >= 15 is 0 Å². The summed E-state index contributed by atoms with van der Waals surface area (Å²) in [6.07, 6.45) is -5.80. The summed E-state index contributed by atoms with van der Waals surface area (Å²) in [6.45, 7) is 1.38. The molecule has 0 aromatic rings. The van der Waals surface area contributed by atoms with E-state index in [0.717, 1.165) is 0 Å². The second-order valence-corrected chi connectivity index (χ2v) is 4.98. The smallest absolute Gasteiger partial charge is 0.229 e. The van der Waals surface area contributed by atoms with Crippen LogP contribution >= 0.6 is 0 Å². The topological polar surface area (TPSA) is 34.1 Å². The Bertz CT molecular complexity index is 279. The van der Waals surface area contributed by atoms with E-state index in [2.05, 4.69) is 0 Å². The van der Waals surface area contributed by atoms with E-state index in [1.807, 2.05) is 0 Å². The quantitative estimate of drug-likeness (QED) is 0.704. The van der Waals surface area contributed by atoms with Gasteiger partial charge >= 0.3 is 12.1 Å². The molecule has 0 aromatic heterocycles. The fourth-order valence-corrected chi connectivity index (χ4v) is 2.22. The van der Waals surface area contributed by atoms with Gasteiger partial charge in [0, 0.05) is 0 Å². The molecule has 0 atom stereocenters. The number of halogens is 5. The molecular formula is C6H9F5O2S. The normalized spacial score (nSPS) is 14.4. The van der Waals surface area contributed by atoms with Gasteiger partial charge in [-0.3, -0.25) is 0 Å². The Hall–Kier alpha value is -0.400. The monoisotopic (exact) mass is 240 g/mol. The highest BCUT2D eigenvalue weighted by Crippen LogP contribution is 2.36. The van der Waals surface area contributed by atoms with Gasteiger partial charge in [-0.2, -0.15) is 22.0 Å². The molecule has 0 saturated carbocycles. The van der Waals surface area contributed by atoms with Crippen LogP contribution in [-0.4, -0.2) is 32.0 Å². The molecule has 0 amide bonds. The number of hydrogen-bond donors (Lipinski definition) is 0. The van der Waals surface area contributed by atoms with Crippen LogP contribution in [0.15, 0.2) is 0 Å². The Kier molecular flexibility index (Phi) is 3.88. The maximum Gasteiger partial charge on any atom is 0.454 e. The van der Waals surface area contributed by atoms with Crippen LogP contribution in [0.1, 0.15) is 13.3 Å². The van der Waals surface area contributed by atoms with Crippen LogP contribution in [0.5, 0.6) is 0 Å². The van der Waals surface area contributed by atoms with Crippen molar-refractivity contribution >= 4 is 9.84 Å². The summed E-state index contributed by atoms with van der Waals surface area (Å²) in [5, 5.41) is 0. The highest BCUT2D eigenvalue weighted by molar-refractivity contribution is 7.91. The molecule has 14 heavy (non-hydrogen) atoms. The van der Waals surface area contributed by atoms with Crippen LogP contribution in [0.2, 0.25) is 0 Å². The van der Waals surface area contributed by atoms with Crippen LogP contribution in [0.25, 0.3) is 0 Å². The first-order valence-corrected chi connectivity index (χ1v) is 5.49. The second-order valence-electron chi connectivity index (χ2n) is 2.79. The van der Waals surface area contributed by atoms with Gasteiger partial charge in [0.05, 0.1) is 5.75 Å². The minimum atomic E-state index is -5.81. The summed E-state index contributed by atoms with van der Waals surface area (Å²) >= 11 is 0. The van der Waals surface area contributed by atoms with E-state index in [1.165, 1.54) is 6.92 Å². The summed E-state index contributed by atoms with van der Waals surface area (Å²) in [7, 11) is -4.34. The van der Waals surface area contributed by atoms with Crippen molar-refractivity contribution in [2.75, 3.05) is 11.5 Å². The van der Waals surface area contributed by atoms with Crippen LogP contribution in [0.3, 0.4) is 0 Å². The van der Waals surface area contributed by atoms with E-state index in [9.17, 15) is 30.4 Å². The second kappa shape index (κ2) is 4.00. The lowest BCUT2D eigenvalue weighted by atomic mass is 10.4. The largest absolute Gasteiger partial charge is 0.454 e. The van der Waals surface area contributed by atoms with Crippen molar-refractivity contribution in [3.8, 4) is 0 Å². The Morgan fingerprint density at radius 1 is 1.07 bits per heavy atom. The van der Waals surface area contributed by atoms with Gasteiger partial charge in [0.25, 0.3) is 0 Å². The molecular weight excluding hydrogens is 231 g/mol. The van der Waals surface area contributed by atoms with Gasteiger partial charge in [-0.15, -0.1) is 0 Å². The third-order valence-electron chi connectivity index (χ3n) is 1.33. The van der Waals surface area contributed by atoms with E-state index in [-0.39, 0.29) is 6.42 Å². The number of sulfone groups is 1. The van der Waals surface area contributed by atoms with Gasteiger partial charge in [-0.25, -0.2) is 8.42 Å². The predicted molar refractivity (Wildman–Crippen MR) is 39.9 cm³/mol. The van der Waals surface area contributed by atoms with Gasteiger partial charge in [0.1, 0.15) is 5.75 Å². The predicted octanol–water partition coefficient (Wildman–Crippen LogP) is 2.01. The molecule has 0 aliphatic carbocycles. The van der Waals surface area contributed by atoms with Gasteiger partial charge in [-0.05, 0) is 6.42 Å². The Labute approximate surface area is 78.0 Å². The molecule has 86 valence electrons. The lowest BCUT2D eigenvalue weighted by Gasteiger charge is -2.18. The number of alkyl halides is 5. The molecule has 0 heterocycles. The third-order valence-corrected chi connectivity index (χ3v) is 3.16. The first kappa shape index (κ1) is 13.6. The first-order chi connectivity index (χ1) is 6.02. The van der Waals surface area contributed by atoms with Crippen LogP contribution < -0.4 is 0 Å². The van der Waals surface area contributed by atoms with Gasteiger partial charge in [0.2, 0.25) is 0 Å². The summed E-state index contributed by atoms with van der Waals surface area (Å²) in [6, 6.07) is 0. The molecule has 0 bridgehead atoms. The highest BCUT2D eigenvalue weighted by atomic mass is 32.2. The van der Waals surface area contributed by atoms with Crippen molar-refractivity contribution in [3.05, 3.63) is 0 Å². The van der Waals surface area contributed by atoms with Gasteiger partial charge < -0.3 is 0 Å². The zero-order chi connectivity index (χ0) is 11.6. The Balaban J connectivity index is 4.68. The summed E-state index contributed by atoms with van der Waals surface area (Å²) < 4.78 is 80.7. The molecule has 0 unspecified atom stereocenters. The minimum absolute atomic E-state index is 0.0102. The molecule has 0 aromatic carbocycles. The maximum absolute atomic E-state index is 12.2. The fourth-order valence-electron chi connectivity index (χ4n) is 0.741. The highest BCUT2D eigenvalue weighted by Gasteiger charge is 2.59. The molecule has 0 N–H and O–H groups in total. The van der Waals surface area contributed by atoms with Gasteiger partial charge in [-0.1, -0.05) is 6.92 Å². The van der Waals surface area contributed by atoms with E-state index < -0.39 is 33.4 Å². The molecule has 8 heteroatoms. The van der Waals surface area contributed by atoms with Crippen molar-refractivity contribution in [2.45, 2.75) is 25.4 Å². The van der Waals surface area contributed by atoms with Crippen molar-refractivity contribution < 1.29 is 30.4 Å². The molecule has 2 nitrogen and oxygen atoms in total. The summed E-state index contributed by atoms with van der Waals surface area (Å²) in [5.41, 5.74) is 0. The zero-order valence-corrected chi connectivity index (χ0v) is 8.05. The van der Waals surface area contributed by atoms with Crippen molar-refractivity contribution in [3.63, 3.8) is 0 Å². The minimum Gasteiger partial charge on any atom is -0.229 e. The molecule has 0 rings (SSSR count). The zero-order valence-electron chi connectivity index (χ0n) is 7.24. The Morgan fingerprint density at radius 3 is 1.79 bits per heavy atom. The molecule has 0 aliphatic rings.